The third-order valence-electron chi connectivity index (χ3n) is 2.89. The van der Waals surface area contributed by atoms with Gasteiger partial charge < -0.3 is 4.74 Å². The number of aromatic nitrogens is 3. The highest BCUT2D eigenvalue weighted by Crippen LogP contribution is 2.28. The third-order valence-corrected chi connectivity index (χ3v) is 3.67. The second kappa shape index (κ2) is 6.57. The number of rotatable bonds is 4. The minimum atomic E-state index is 0.224. The van der Waals surface area contributed by atoms with E-state index in [1.807, 2.05) is 12.1 Å². The summed E-state index contributed by atoms with van der Waals surface area (Å²) in [6.45, 7) is 0.224. The lowest BCUT2D eigenvalue weighted by molar-refractivity contribution is 0.296. The Kier molecular flexibility index (Phi) is 4.52. The zero-order valence-electron chi connectivity index (χ0n) is 11.2. The van der Waals surface area contributed by atoms with Crippen LogP contribution in [0.25, 0.3) is 11.4 Å². The molecule has 22 heavy (non-hydrogen) atoms. The summed E-state index contributed by atoms with van der Waals surface area (Å²) in [6, 6.07) is 12.3. The van der Waals surface area contributed by atoms with Crippen molar-refractivity contribution >= 4 is 34.8 Å². The van der Waals surface area contributed by atoms with Gasteiger partial charge in [0.15, 0.2) is 11.6 Å². The number of H-pyrrole nitrogens is 1. The van der Waals surface area contributed by atoms with Gasteiger partial charge in [0.1, 0.15) is 12.4 Å². The van der Waals surface area contributed by atoms with E-state index in [0.29, 0.717) is 32.5 Å². The quantitative estimate of drug-likeness (QED) is 0.716. The van der Waals surface area contributed by atoms with E-state index in [0.717, 1.165) is 5.56 Å². The van der Waals surface area contributed by atoms with Crippen molar-refractivity contribution in [2.24, 2.45) is 0 Å². The average molecular weight is 355 g/mol. The van der Waals surface area contributed by atoms with Crippen molar-refractivity contribution in [2.75, 3.05) is 0 Å². The number of aromatic amines is 1. The second-order valence-electron chi connectivity index (χ2n) is 4.48. The molecule has 4 nitrogen and oxygen atoms in total. The van der Waals surface area contributed by atoms with Gasteiger partial charge in [-0.25, -0.2) is 4.98 Å². The molecule has 7 heteroatoms. The fourth-order valence-electron chi connectivity index (χ4n) is 1.83. The van der Waals surface area contributed by atoms with Crippen LogP contribution in [0, 0.1) is 0 Å². The Morgan fingerprint density at radius 2 is 1.68 bits per heavy atom. The van der Waals surface area contributed by atoms with Crippen LogP contribution in [0.15, 0.2) is 42.5 Å². The second-order valence-corrected chi connectivity index (χ2v) is 5.76. The van der Waals surface area contributed by atoms with Crippen LogP contribution in [0.3, 0.4) is 0 Å². The van der Waals surface area contributed by atoms with Crippen molar-refractivity contribution in [1.29, 1.82) is 0 Å². The molecular weight excluding hydrogens is 345 g/mol. The number of hydrogen-bond acceptors (Lipinski definition) is 3. The summed E-state index contributed by atoms with van der Waals surface area (Å²) in [4.78, 5) is 4.37. The molecule has 1 aromatic heterocycles. The van der Waals surface area contributed by atoms with Crippen molar-refractivity contribution < 1.29 is 4.74 Å². The van der Waals surface area contributed by atoms with Crippen LogP contribution in [-0.2, 0) is 6.61 Å². The molecule has 0 saturated carbocycles. The molecule has 0 spiro atoms. The average Bonchev–Trinajstić information content (AvgIpc) is 2.96. The highest BCUT2D eigenvalue weighted by molar-refractivity contribution is 6.35. The molecule has 0 radical (unpaired) electrons. The van der Waals surface area contributed by atoms with Crippen molar-refractivity contribution in [3.05, 3.63) is 63.4 Å². The van der Waals surface area contributed by atoms with Gasteiger partial charge in [0.25, 0.3) is 0 Å². The van der Waals surface area contributed by atoms with Gasteiger partial charge in [0.2, 0.25) is 0 Å². The van der Waals surface area contributed by atoms with E-state index in [1.54, 1.807) is 30.3 Å². The molecule has 0 fully saturated rings. The van der Waals surface area contributed by atoms with Crippen LogP contribution in [-0.4, -0.2) is 15.2 Å². The summed E-state index contributed by atoms with van der Waals surface area (Å²) in [5.74, 6) is 1.71. The Morgan fingerprint density at radius 1 is 0.955 bits per heavy atom. The summed E-state index contributed by atoms with van der Waals surface area (Å²) in [5.41, 5.74) is 0.872. The summed E-state index contributed by atoms with van der Waals surface area (Å²) < 4.78 is 5.60. The molecule has 0 aliphatic rings. The molecule has 0 atom stereocenters. The molecule has 0 bridgehead atoms. The van der Waals surface area contributed by atoms with Crippen molar-refractivity contribution in [2.45, 2.75) is 6.61 Å². The van der Waals surface area contributed by atoms with E-state index in [-0.39, 0.29) is 6.61 Å². The predicted molar refractivity (Wildman–Crippen MR) is 87.6 cm³/mol. The molecule has 3 rings (SSSR count). The lowest BCUT2D eigenvalue weighted by Gasteiger charge is -2.05. The van der Waals surface area contributed by atoms with Gasteiger partial charge in [-0.15, -0.1) is 0 Å². The Hall–Kier alpha value is -1.75. The minimum absolute atomic E-state index is 0.224. The first-order valence-electron chi connectivity index (χ1n) is 6.37. The monoisotopic (exact) mass is 353 g/mol. The maximum absolute atomic E-state index is 6.04. The topological polar surface area (TPSA) is 50.8 Å². The molecule has 0 amide bonds. The summed E-state index contributed by atoms with van der Waals surface area (Å²) in [7, 11) is 0. The summed E-state index contributed by atoms with van der Waals surface area (Å²) in [6.07, 6.45) is 0. The summed E-state index contributed by atoms with van der Waals surface area (Å²) in [5, 5.41) is 8.66. The van der Waals surface area contributed by atoms with E-state index in [4.69, 9.17) is 39.5 Å². The molecule has 0 unspecified atom stereocenters. The van der Waals surface area contributed by atoms with E-state index >= 15 is 0 Å². The van der Waals surface area contributed by atoms with Gasteiger partial charge in [-0.2, -0.15) is 5.10 Å². The van der Waals surface area contributed by atoms with Gasteiger partial charge in [-0.05, 0) is 42.5 Å². The molecular formula is C15H10Cl3N3O. The summed E-state index contributed by atoms with van der Waals surface area (Å²) >= 11 is 17.7. The van der Waals surface area contributed by atoms with Crippen molar-refractivity contribution in [3.63, 3.8) is 0 Å². The first-order valence-corrected chi connectivity index (χ1v) is 7.50. The lowest BCUT2D eigenvalue weighted by Crippen LogP contribution is -1.98. The van der Waals surface area contributed by atoms with Crippen LogP contribution in [0.5, 0.6) is 5.75 Å². The zero-order chi connectivity index (χ0) is 15.5. The number of benzene rings is 2. The van der Waals surface area contributed by atoms with Gasteiger partial charge in [-0.3, -0.25) is 5.10 Å². The number of hydrogen-bond donors (Lipinski definition) is 1. The predicted octanol–water partition coefficient (Wildman–Crippen LogP) is 5.01. The molecule has 0 aliphatic heterocycles. The Morgan fingerprint density at radius 3 is 2.41 bits per heavy atom. The number of nitrogens with one attached hydrogen (secondary N) is 1. The largest absolute Gasteiger partial charge is 0.484 e. The smallest absolute Gasteiger partial charge is 0.181 e. The van der Waals surface area contributed by atoms with E-state index in [2.05, 4.69) is 15.2 Å². The molecule has 112 valence electrons. The fourth-order valence-corrected chi connectivity index (χ4v) is 2.42. The first kappa shape index (κ1) is 15.2. The SMILES string of the molecule is Clc1ccc(-c2n[nH]c(COc3ccc(Cl)cc3Cl)n2)cc1. The maximum Gasteiger partial charge on any atom is 0.181 e. The molecule has 1 heterocycles. The fraction of sp³-hybridized carbons (Fsp3) is 0.0667. The highest BCUT2D eigenvalue weighted by Gasteiger charge is 2.08. The zero-order valence-corrected chi connectivity index (χ0v) is 13.5. The number of ether oxygens (including phenoxy) is 1. The van der Waals surface area contributed by atoms with Crippen molar-refractivity contribution in [1.82, 2.24) is 15.2 Å². The molecule has 2 aromatic carbocycles. The van der Waals surface area contributed by atoms with Gasteiger partial charge in [0.05, 0.1) is 5.02 Å². The number of halogens is 3. The van der Waals surface area contributed by atoms with Gasteiger partial charge in [0, 0.05) is 15.6 Å². The third kappa shape index (κ3) is 3.53. The molecule has 0 saturated heterocycles. The minimum Gasteiger partial charge on any atom is -0.484 e. The normalized spacial score (nSPS) is 10.7. The van der Waals surface area contributed by atoms with Crippen LogP contribution in [0.1, 0.15) is 5.82 Å². The van der Waals surface area contributed by atoms with E-state index < -0.39 is 0 Å². The van der Waals surface area contributed by atoms with Crippen LogP contribution in [0.2, 0.25) is 15.1 Å². The number of nitrogens with zero attached hydrogens (tertiary/aromatic N) is 2. The maximum atomic E-state index is 6.04. The van der Waals surface area contributed by atoms with E-state index in [1.165, 1.54) is 0 Å². The Bertz CT molecular complexity index is 787. The van der Waals surface area contributed by atoms with Gasteiger partial charge in [-0.1, -0.05) is 34.8 Å². The van der Waals surface area contributed by atoms with E-state index in [9.17, 15) is 0 Å². The standard InChI is InChI=1S/C15H10Cl3N3O/c16-10-3-1-9(2-4-10)15-19-14(20-21-15)8-22-13-6-5-11(17)7-12(13)18/h1-7H,8H2,(H,19,20,21). The molecule has 3 aromatic rings. The first-order chi connectivity index (χ1) is 10.6. The highest BCUT2D eigenvalue weighted by atomic mass is 35.5. The molecule has 0 aliphatic carbocycles. The Labute approximate surface area is 142 Å². The van der Waals surface area contributed by atoms with Gasteiger partial charge >= 0.3 is 0 Å². The molecule has 1 N–H and O–H groups in total. The van der Waals surface area contributed by atoms with Crippen LogP contribution in [0.4, 0.5) is 0 Å². The van der Waals surface area contributed by atoms with Crippen molar-refractivity contribution in [3.8, 4) is 17.1 Å². The Balaban J connectivity index is 1.70. The lowest BCUT2D eigenvalue weighted by atomic mass is 10.2. The van der Waals surface area contributed by atoms with Crippen LogP contribution < -0.4 is 4.74 Å². The van der Waals surface area contributed by atoms with Crippen LogP contribution >= 0.6 is 34.8 Å².